The van der Waals surface area contributed by atoms with Crippen LogP contribution in [0.2, 0.25) is 0 Å². The molecule has 0 unspecified atom stereocenters. The molecule has 0 atom stereocenters. The molecule has 0 aromatic heterocycles. The Bertz CT molecular complexity index is 1030. The van der Waals surface area contributed by atoms with Gasteiger partial charge in [0.15, 0.2) is 28.2 Å². The second-order valence-corrected chi connectivity index (χ2v) is 8.89. The fraction of sp³-hybridized carbons (Fsp3) is 0.278. The molecule has 0 bridgehead atoms. The average molecular weight is 439 g/mol. The molecule has 0 fully saturated rings. The van der Waals surface area contributed by atoms with E-state index in [9.17, 15) is 39.6 Å². The van der Waals surface area contributed by atoms with Crippen molar-refractivity contribution in [3.63, 3.8) is 0 Å². The third-order valence-electron chi connectivity index (χ3n) is 3.83. The van der Waals surface area contributed by atoms with Crippen molar-refractivity contribution in [1.29, 1.82) is 0 Å². The molecule has 1 amide bonds. The van der Waals surface area contributed by atoms with Crippen molar-refractivity contribution in [2.75, 3.05) is 0 Å². The maximum Gasteiger partial charge on any atom is 0.272 e. The Morgan fingerprint density at radius 1 is 0.828 bits per heavy atom. The number of hydrogen-bond donors (Lipinski definition) is 0. The number of rotatable bonds is 4. The number of hydrogen-bond acceptors (Lipinski definition) is 3. The van der Waals surface area contributed by atoms with Crippen molar-refractivity contribution in [3.8, 4) is 0 Å². The molecule has 11 heteroatoms. The number of nitrogens with zero attached hydrogens (tertiary/aromatic N) is 1. The van der Waals surface area contributed by atoms with Gasteiger partial charge in [-0.05, 0) is 17.7 Å². The molecule has 0 aliphatic heterocycles. The molecule has 0 radical (unpaired) electrons. The molecule has 4 nitrogen and oxygen atoms in total. The van der Waals surface area contributed by atoms with E-state index in [1.165, 1.54) is 20.8 Å². The molecule has 2 rings (SSSR count). The van der Waals surface area contributed by atoms with E-state index in [0.717, 1.165) is 24.3 Å². The summed E-state index contributed by atoms with van der Waals surface area (Å²) in [6, 6.07) is 4.10. The Kier molecular flexibility index (Phi) is 6.03. The first-order valence-electron chi connectivity index (χ1n) is 8.02. The summed E-state index contributed by atoms with van der Waals surface area (Å²) in [7, 11) is -5.52. The summed E-state index contributed by atoms with van der Waals surface area (Å²) < 4.78 is 107. The van der Waals surface area contributed by atoms with E-state index in [-0.39, 0.29) is 9.87 Å². The van der Waals surface area contributed by atoms with Crippen molar-refractivity contribution in [3.05, 3.63) is 64.7 Å². The second-order valence-electron chi connectivity index (χ2n) is 7.09. The Hall–Kier alpha value is -2.56. The van der Waals surface area contributed by atoms with Gasteiger partial charge in [0, 0.05) is 5.41 Å². The third-order valence-corrected chi connectivity index (χ3v) is 5.57. The van der Waals surface area contributed by atoms with Gasteiger partial charge in [-0.1, -0.05) is 32.9 Å². The van der Waals surface area contributed by atoms with Crippen molar-refractivity contribution < 1.29 is 39.6 Å². The van der Waals surface area contributed by atoms with Crippen LogP contribution in [0.4, 0.5) is 26.3 Å². The van der Waals surface area contributed by atoms with Gasteiger partial charge in [0.25, 0.3) is 10.0 Å². The topological polar surface area (TPSA) is 54.5 Å². The molecule has 0 heterocycles. The molecule has 2 aromatic rings. The molecular formula is C18H15F6NO3S. The van der Waals surface area contributed by atoms with E-state index in [1.807, 2.05) is 0 Å². The Morgan fingerprint density at radius 3 is 1.66 bits per heavy atom. The Morgan fingerprint density at radius 2 is 1.24 bits per heavy atom. The number of amides is 1. The molecule has 29 heavy (non-hydrogen) atoms. The molecule has 0 aliphatic rings. The van der Waals surface area contributed by atoms with Gasteiger partial charge in [-0.15, -0.1) is 0 Å². The minimum atomic E-state index is -5.52. The predicted octanol–water partition coefficient (Wildman–Crippen LogP) is 4.28. The van der Waals surface area contributed by atoms with E-state index in [2.05, 4.69) is 0 Å². The Labute approximate surface area is 162 Å². The quantitative estimate of drug-likeness (QED) is 0.406. The lowest BCUT2D eigenvalue weighted by atomic mass is 9.95. The lowest BCUT2D eigenvalue weighted by molar-refractivity contribution is -0.134. The van der Waals surface area contributed by atoms with Gasteiger partial charge in [0.05, 0.1) is 6.54 Å². The fourth-order valence-electron chi connectivity index (χ4n) is 2.32. The van der Waals surface area contributed by atoms with E-state index >= 15 is 0 Å². The highest BCUT2D eigenvalue weighted by Gasteiger charge is 2.42. The van der Waals surface area contributed by atoms with Crippen LogP contribution in [-0.2, 0) is 21.4 Å². The molecular weight excluding hydrogens is 424 g/mol. The van der Waals surface area contributed by atoms with Crippen LogP contribution in [-0.4, -0.2) is 18.6 Å². The maximum atomic E-state index is 14.1. The normalized spacial score (nSPS) is 12.2. The lowest BCUT2D eigenvalue weighted by Crippen LogP contribution is -2.43. The standard InChI is InChI=1S/C18H15F6NO3S/c1-18(2,3)17(26)25(8-9-4-6-10(19)7-5-9)29(27,28)16-14(23)12(21)11(20)13(22)15(16)24/h4-7H,8H2,1-3H3. The van der Waals surface area contributed by atoms with E-state index < -0.39 is 67.7 Å². The van der Waals surface area contributed by atoms with Gasteiger partial charge in [-0.25, -0.2) is 39.1 Å². The highest BCUT2D eigenvalue weighted by Crippen LogP contribution is 2.32. The molecule has 0 N–H and O–H groups in total. The minimum Gasteiger partial charge on any atom is -0.273 e. The number of benzene rings is 2. The van der Waals surface area contributed by atoms with Crippen molar-refractivity contribution in [2.45, 2.75) is 32.2 Å². The first-order valence-corrected chi connectivity index (χ1v) is 9.46. The summed E-state index contributed by atoms with van der Waals surface area (Å²) in [4.78, 5) is 10.5. The van der Waals surface area contributed by atoms with Crippen LogP contribution in [0.15, 0.2) is 29.2 Å². The van der Waals surface area contributed by atoms with Gasteiger partial charge >= 0.3 is 0 Å². The monoisotopic (exact) mass is 439 g/mol. The average Bonchev–Trinajstić information content (AvgIpc) is 2.62. The molecule has 2 aromatic carbocycles. The van der Waals surface area contributed by atoms with Gasteiger partial charge in [0.1, 0.15) is 5.82 Å². The van der Waals surface area contributed by atoms with Crippen LogP contribution >= 0.6 is 0 Å². The minimum absolute atomic E-state index is 0.00147. The molecule has 158 valence electrons. The summed E-state index contributed by atoms with van der Waals surface area (Å²) in [5.74, 6) is -14.5. The van der Waals surface area contributed by atoms with E-state index in [0.29, 0.717) is 0 Å². The van der Waals surface area contributed by atoms with Gasteiger partial charge in [-0.2, -0.15) is 0 Å². The zero-order valence-corrected chi connectivity index (χ0v) is 16.2. The van der Waals surface area contributed by atoms with Crippen molar-refractivity contribution in [2.24, 2.45) is 5.41 Å². The summed E-state index contributed by atoms with van der Waals surface area (Å²) in [5, 5.41) is 0. The van der Waals surface area contributed by atoms with Crippen molar-refractivity contribution >= 4 is 15.9 Å². The van der Waals surface area contributed by atoms with Crippen LogP contribution in [0.1, 0.15) is 26.3 Å². The first kappa shape index (κ1) is 22.7. The zero-order chi connectivity index (χ0) is 22.3. The molecule has 0 saturated carbocycles. The third kappa shape index (κ3) is 4.24. The summed E-state index contributed by atoms with van der Waals surface area (Å²) >= 11 is 0. The van der Waals surface area contributed by atoms with Gasteiger partial charge < -0.3 is 0 Å². The Balaban J connectivity index is 2.73. The van der Waals surface area contributed by atoms with Gasteiger partial charge in [0.2, 0.25) is 11.7 Å². The van der Waals surface area contributed by atoms with Crippen LogP contribution in [0.5, 0.6) is 0 Å². The van der Waals surface area contributed by atoms with Gasteiger partial charge in [-0.3, -0.25) is 4.79 Å². The first-order chi connectivity index (χ1) is 13.2. The summed E-state index contributed by atoms with van der Waals surface area (Å²) in [6.07, 6.45) is 0. The SMILES string of the molecule is CC(C)(C)C(=O)N(Cc1ccc(F)cc1)S(=O)(=O)c1c(F)c(F)c(F)c(F)c1F. The number of halogens is 6. The lowest BCUT2D eigenvalue weighted by Gasteiger charge is -2.29. The van der Waals surface area contributed by atoms with Crippen molar-refractivity contribution in [1.82, 2.24) is 4.31 Å². The summed E-state index contributed by atoms with van der Waals surface area (Å²) in [6.45, 7) is 3.06. The molecule has 0 spiro atoms. The van der Waals surface area contributed by atoms with Crippen LogP contribution in [0.3, 0.4) is 0 Å². The number of carbonyl (C=O) groups excluding carboxylic acids is 1. The smallest absolute Gasteiger partial charge is 0.272 e. The maximum absolute atomic E-state index is 14.1. The van der Waals surface area contributed by atoms with Crippen LogP contribution in [0, 0.1) is 40.3 Å². The zero-order valence-electron chi connectivity index (χ0n) is 15.4. The number of carbonyl (C=O) groups is 1. The number of sulfonamides is 1. The highest BCUT2D eigenvalue weighted by molar-refractivity contribution is 7.89. The van der Waals surface area contributed by atoms with E-state index in [1.54, 1.807) is 0 Å². The van der Waals surface area contributed by atoms with Crippen LogP contribution in [0.25, 0.3) is 0 Å². The van der Waals surface area contributed by atoms with Crippen LogP contribution < -0.4 is 0 Å². The van der Waals surface area contributed by atoms with E-state index in [4.69, 9.17) is 0 Å². The molecule has 0 aliphatic carbocycles. The summed E-state index contributed by atoms with van der Waals surface area (Å²) in [5.41, 5.74) is -1.37. The fourth-order valence-corrected chi connectivity index (χ4v) is 3.98. The largest absolute Gasteiger partial charge is 0.273 e. The molecule has 0 saturated heterocycles. The predicted molar refractivity (Wildman–Crippen MR) is 89.8 cm³/mol. The second kappa shape index (κ2) is 7.69. The highest BCUT2D eigenvalue weighted by atomic mass is 32.2.